The van der Waals surface area contributed by atoms with Crippen LogP contribution in [0.25, 0.3) is 64.7 Å². The van der Waals surface area contributed by atoms with E-state index in [0.29, 0.717) is 0 Å². The Hall–Kier alpha value is -4.46. The lowest BCUT2D eigenvalue weighted by atomic mass is 9.91. The topological polar surface area (TPSA) is 0 Å². The molecule has 0 nitrogen and oxygen atoms in total. The van der Waals surface area contributed by atoms with E-state index in [1.54, 1.807) is 0 Å². The summed E-state index contributed by atoms with van der Waals surface area (Å²) < 4.78 is 0. The van der Waals surface area contributed by atoms with Crippen LogP contribution in [0, 0.1) is 0 Å². The molecule has 1 heteroatoms. The van der Waals surface area contributed by atoms with Crippen molar-refractivity contribution in [3.8, 4) is 43.1 Å². The third-order valence-corrected chi connectivity index (χ3v) is 8.40. The van der Waals surface area contributed by atoms with Crippen molar-refractivity contribution in [1.29, 1.82) is 0 Å². The molecule has 37 heavy (non-hydrogen) atoms. The van der Waals surface area contributed by atoms with Crippen molar-refractivity contribution >= 4 is 32.9 Å². The molecular formula is C36H24S. The van der Waals surface area contributed by atoms with E-state index in [0.717, 1.165) is 0 Å². The van der Waals surface area contributed by atoms with Crippen molar-refractivity contribution < 1.29 is 0 Å². The van der Waals surface area contributed by atoms with E-state index in [4.69, 9.17) is 0 Å². The van der Waals surface area contributed by atoms with Crippen LogP contribution < -0.4 is 0 Å². The fourth-order valence-corrected chi connectivity index (χ4v) is 6.77. The van der Waals surface area contributed by atoms with E-state index < -0.39 is 0 Å². The summed E-state index contributed by atoms with van der Waals surface area (Å²) in [6.07, 6.45) is 0. The second-order valence-corrected chi connectivity index (χ2v) is 10.3. The fourth-order valence-electron chi connectivity index (χ4n) is 5.42. The Bertz CT molecular complexity index is 1860. The van der Waals surface area contributed by atoms with E-state index in [1.807, 2.05) is 11.3 Å². The molecular weight excluding hydrogens is 464 g/mol. The predicted octanol–water partition coefficient (Wildman–Crippen LogP) is 10.7. The van der Waals surface area contributed by atoms with Gasteiger partial charge in [0.05, 0.1) is 0 Å². The standard InChI is InChI=1S/C36H24S/c1-3-13-25(14-4-1)28-18-9-10-20-30(28)35-31-21-11-12-22-32(31)36(37-35)33-24-23-26-15-7-8-19-29(26)34(33)27-16-5-2-6-17-27/h1-24H. The Morgan fingerprint density at radius 2 is 0.838 bits per heavy atom. The van der Waals surface area contributed by atoms with Gasteiger partial charge in [-0.25, -0.2) is 0 Å². The van der Waals surface area contributed by atoms with Gasteiger partial charge >= 0.3 is 0 Å². The molecule has 0 aliphatic carbocycles. The Labute approximate surface area is 221 Å². The van der Waals surface area contributed by atoms with Gasteiger partial charge in [-0.1, -0.05) is 146 Å². The lowest BCUT2D eigenvalue weighted by Crippen LogP contribution is -1.86. The monoisotopic (exact) mass is 488 g/mol. The summed E-state index contributed by atoms with van der Waals surface area (Å²) in [6.45, 7) is 0. The normalized spacial score (nSPS) is 11.2. The van der Waals surface area contributed by atoms with Gasteiger partial charge in [0, 0.05) is 31.7 Å². The molecule has 1 aromatic heterocycles. The van der Waals surface area contributed by atoms with Crippen LogP contribution >= 0.6 is 11.3 Å². The zero-order valence-electron chi connectivity index (χ0n) is 20.3. The smallest absolute Gasteiger partial charge is 0.0434 e. The van der Waals surface area contributed by atoms with Crippen molar-refractivity contribution in [2.45, 2.75) is 0 Å². The van der Waals surface area contributed by atoms with Gasteiger partial charge < -0.3 is 0 Å². The lowest BCUT2D eigenvalue weighted by molar-refractivity contribution is 1.62. The maximum atomic E-state index is 2.32. The first-order chi connectivity index (χ1) is 18.4. The molecule has 0 bridgehead atoms. The van der Waals surface area contributed by atoms with Crippen LogP contribution in [-0.2, 0) is 0 Å². The van der Waals surface area contributed by atoms with Crippen LogP contribution in [0.15, 0.2) is 146 Å². The fraction of sp³-hybridized carbons (Fsp3) is 0. The minimum Gasteiger partial charge on any atom is -0.134 e. The van der Waals surface area contributed by atoms with Gasteiger partial charge in [-0.15, -0.1) is 11.3 Å². The Morgan fingerprint density at radius 3 is 1.54 bits per heavy atom. The first kappa shape index (κ1) is 21.8. The van der Waals surface area contributed by atoms with Crippen molar-refractivity contribution in [2.24, 2.45) is 0 Å². The van der Waals surface area contributed by atoms with E-state index in [2.05, 4.69) is 146 Å². The van der Waals surface area contributed by atoms with Gasteiger partial charge in [0.1, 0.15) is 0 Å². The highest BCUT2D eigenvalue weighted by molar-refractivity contribution is 7.21. The highest BCUT2D eigenvalue weighted by Crippen LogP contribution is 2.49. The number of fused-ring (bicyclic) bond motifs is 2. The Morgan fingerprint density at radius 1 is 0.324 bits per heavy atom. The van der Waals surface area contributed by atoms with Crippen LogP contribution in [0.5, 0.6) is 0 Å². The number of benzene rings is 6. The van der Waals surface area contributed by atoms with Gasteiger partial charge in [0.15, 0.2) is 0 Å². The number of hydrogen-bond donors (Lipinski definition) is 0. The summed E-state index contributed by atoms with van der Waals surface area (Å²) >= 11 is 1.91. The molecule has 0 aliphatic heterocycles. The van der Waals surface area contributed by atoms with E-state index in [-0.39, 0.29) is 0 Å². The van der Waals surface area contributed by atoms with Crippen molar-refractivity contribution in [1.82, 2.24) is 0 Å². The quantitative estimate of drug-likeness (QED) is 0.231. The first-order valence-electron chi connectivity index (χ1n) is 12.6. The van der Waals surface area contributed by atoms with Crippen molar-refractivity contribution in [3.63, 3.8) is 0 Å². The molecule has 7 aromatic rings. The maximum Gasteiger partial charge on any atom is 0.0434 e. The second-order valence-electron chi connectivity index (χ2n) is 9.29. The molecule has 0 atom stereocenters. The molecule has 0 aliphatic rings. The van der Waals surface area contributed by atoms with E-state index in [1.165, 1.54) is 64.7 Å². The molecule has 1 heterocycles. The molecule has 0 unspecified atom stereocenters. The molecule has 0 fully saturated rings. The van der Waals surface area contributed by atoms with Crippen LogP contribution in [0.2, 0.25) is 0 Å². The third kappa shape index (κ3) is 3.76. The summed E-state index contributed by atoms with van der Waals surface area (Å²) in [7, 11) is 0. The Balaban J connectivity index is 1.54. The lowest BCUT2D eigenvalue weighted by Gasteiger charge is -2.13. The zero-order chi connectivity index (χ0) is 24.6. The average Bonchev–Trinajstić information content (AvgIpc) is 3.37. The van der Waals surface area contributed by atoms with Gasteiger partial charge in [0.25, 0.3) is 0 Å². The van der Waals surface area contributed by atoms with E-state index in [9.17, 15) is 0 Å². The number of hydrogen-bond acceptors (Lipinski definition) is 1. The minimum absolute atomic E-state index is 1.24. The van der Waals surface area contributed by atoms with Gasteiger partial charge in [-0.2, -0.15) is 0 Å². The predicted molar refractivity (Wildman–Crippen MR) is 161 cm³/mol. The van der Waals surface area contributed by atoms with Crippen LogP contribution in [0.1, 0.15) is 0 Å². The highest BCUT2D eigenvalue weighted by Gasteiger charge is 2.20. The van der Waals surface area contributed by atoms with Crippen molar-refractivity contribution in [3.05, 3.63) is 146 Å². The largest absolute Gasteiger partial charge is 0.134 e. The third-order valence-electron chi connectivity index (χ3n) is 7.11. The first-order valence-corrected chi connectivity index (χ1v) is 13.4. The number of thiophene rings is 1. The summed E-state index contributed by atoms with van der Waals surface area (Å²) in [5.41, 5.74) is 7.63. The zero-order valence-corrected chi connectivity index (χ0v) is 21.1. The molecule has 0 N–H and O–H groups in total. The van der Waals surface area contributed by atoms with Crippen LogP contribution in [0.4, 0.5) is 0 Å². The molecule has 6 aromatic carbocycles. The minimum atomic E-state index is 1.24. The molecule has 0 amide bonds. The molecule has 0 spiro atoms. The summed E-state index contributed by atoms with van der Waals surface area (Å²) in [5, 5.41) is 5.16. The Kier molecular flexibility index (Phi) is 5.42. The summed E-state index contributed by atoms with van der Waals surface area (Å²) in [4.78, 5) is 2.63. The summed E-state index contributed by atoms with van der Waals surface area (Å²) in [6, 6.07) is 52.5. The maximum absolute atomic E-state index is 2.32. The van der Waals surface area contributed by atoms with E-state index >= 15 is 0 Å². The second kappa shape index (κ2) is 9.20. The molecule has 7 rings (SSSR count). The van der Waals surface area contributed by atoms with Crippen molar-refractivity contribution in [2.75, 3.05) is 0 Å². The molecule has 0 saturated carbocycles. The molecule has 174 valence electrons. The van der Waals surface area contributed by atoms with Crippen LogP contribution in [-0.4, -0.2) is 0 Å². The van der Waals surface area contributed by atoms with Gasteiger partial charge in [-0.05, 0) is 33.0 Å². The van der Waals surface area contributed by atoms with Gasteiger partial charge in [0.2, 0.25) is 0 Å². The average molecular weight is 489 g/mol. The number of rotatable bonds is 4. The SMILES string of the molecule is c1ccc(-c2ccccc2-c2sc(-c3ccc4ccccc4c3-c3ccccc3)c3ccccc23)cc1. The highest BCUT2D eigenvalue weighted by atomic mass is 32.1. The van der Waals surface area contributed by atoms with Gasteiger partial charge in [-0.3, -0.25) is 0 Å². The summed E-state index contributed by atoms with van der Waals surface area (Å²) in [5.74, 6) is 0. The molecule has 0 saturated heterocycles. The molecule has 0 radical (unpaired) electrons. The van der Waals surface area contributed by atoms with Crippen LogP contribution in [0.3, 0.4) is 0 Å².